The number of nitrogens with one attached hydrogen (secondary N) is 1. The first-order valence-corrected chi connectivity index (χ1v) is 5.92. The van der Waals surface area contributed by atoms with Crippen molar-refractivity contribution < 1.29 is 4.79 Å². The van der Waals surface area contributed by atoms with Gasteiger partial charge in [-0.1, -0.05) is 13.0 Å². The minimum absolute atomic E-state index is 0.0567. The van der Waals surface area contributed by atoms with Crippen LogP contribution < -0.4 is 11.1 Å². The van der Waals surface area contributed by atoms with Crippen LogP contribution in [0.4, 0.5) is 0 Å². The number of hydrogen-bond acceptors (Lipinski definition) is 3. The van der Waals surface area contributed by atoms with Gasteiger partial charge in [-0.15, -0.1) is 6.58 Å². The summed E-state index contributed by atoms with van der Waals surface area (Å²) in [4.78, 5) is 13.9. The van der Waals surface area contributed by atoms with Gasteiger partial charge < -0.3 is 11.1 Å². The zero-order chi connectivity index (χ0) is 12.1. The van der Waals surface area contributed by atoms with Crippen LogP contribution in [-0.4, -0.2) is 42.5 Å². The van der Waals surface area contributed by atoms with Gasteiger partial charge in [-0.25, -0.2) is 0 Å². The summed E-state index contributed by atoms with van der Waals surface area (Å²) >= 11 is 0. The summed E-state index contributed by atoms with van der Waals surface area (Å²) in [6.45, 7) is 9.99. The molecule has 16 heavy (non-hydrogen) atoms. The number of likely N-dealkylation sites (tertiary alicyclic amines) is 1. The Hall–Kier alpha value is -0.870. The molecule has 0 bridgehead atoms. The minimum Gasteiger partial charge on any atom is -0.351 e. The third-order valence-electron chi connectivity index (χ3n) is 3.07. The van der Waals surface area contributed by atoms with E-state index in [0.717, 1.165) is 19.5 Å². The number of carbonyl (C=O) groups excluding carboxylic acids is 1. The Bertz CT molecular complexity index is 245. The Kier molecular flexibility index (Phi) is 4.96. The van der Waals surface area contributed by atoms with Crippen LogP contribution in [0.25, 0.3) is 0 Å². The van der Waals surface area contributed by atoms with Crippen molar-refractivity contribution in [3.8, 4) is 0 Å². The molecule has 0 radical (unpaired) electrons. The molecular weight excluding hydrogens is 202 g/mol. The van der Waals surface area contributed by atoms with E-state index in [4.69, 9.17) is 5.73 Å². The van der Waals surface area contributed by atoms with E-state index in [1.807, 2.05) is 6.92 Å². The first-order chi connectivity index (χ1) is 7.54. The van der Waals surface area contributed by atoms with Crippen LogP contribution in [0.3, 0.4) is 0 Å². The maximum atomic E-state index is 11.8. The van der Waals surface area contributed by atoms with E-state index in [9.17, 15) is 4.79 Å². The van der Waals surface area contributed by atoms with Crippen molar-refractivity contribution in [2.75, 3.05) is 19.6 Å². The number of hydrogen-bond donors (Lipinski definition) is 2. The minimum atomic E-state index is -0.103. The molecule has 0 aliphatic carbocycles. The van der Waals surface area contributed by atoms with E-state index < -0.39 is 0 Å². The molecule has 0 saturated carbocycles. The Morgan fingerprint density at radius 2 is 2.38 bits per heavy atom. The SMILES string of the molecule is C=CCNC(=O)C(C)N1CC(C)CC(N)C1. The molecular formula is C12H23N3O. The molecule has 0 aromatic rings. The van der Waals surface area contributed by atoms with E-state index >= 15 is 0 Å². The fraction of sp³-hybridized carbons (Fsp3) is 0.750. The first kappa shape index (κ1) is 13.2. The van der Waals surface area contributed by atoms with E-state index in [1.54, 1.807) is 6.08 Å². The summed E-state index contributed by atoms with van der Waals surface area (Å²) in [5.41, 5.74) is 5.96. The smallest absolute Gasteiger partial charge is 0.237 e. The third-order valence-corrected chi connectivity index (χ3v) is 3.07. The average molecular weight is 225 g/mol. The van der Waals surface area contributed by atoms with Gasteiger partial charge in [0.25, 0.3) is 0 Å². The van der Waals surface area contributed by atoms with Gasteiger partial charge in [0.2, 0.25) is 5.91 Å². The predicted molar refractivity (Wildman–Crippen MR) is 66.0 cm³/mol. The highest BCUT2D eigenvalue weighted by molar-refractivity contribution is 5.81. The van der Waals surface area contributed by atoms with Gasteiger partial charge in [0.1, 0.15) is 0 Å². The summed E-state index contributed by atoms with van der Waals surface area (Å²) in [6, 6.07) is 0.0900. The van der Waals surface area contributed by atoms with Gasteiger partial charge in [-0.2, -0.15) is 0 Å². The van der Waals surface area contributed by atoms with Crippen molar-refractivity contribution in [1.29, 1.82) is 0 Å². The monoisotopic (exact) mass is 225 g/mol. The number of nitrogens with zero attached hydrogens (tertiary/aromatic N) is 1. The predicted octanol–water partition coefficient (Wildman–Crippen LogP) is 0.346. The van der Waals surface area contributed by atoms with Crippen molar-refractivity contribution in [3.05, 3.63) is 12.7 Å². The van der Waals surface area contributed by atoms with Crippen molar-refractivity contribution in [2.24, 2.45) is 11.7 Å². The average Bonchev–Trinajstić information content (AvgIpc) is 2.23. The number of amides is 1. The molecule has 4 nitrogen and oxygen atoms in total. The summed E-state index contributed by atoms with van der Waals surface area (Å²) < 4.78 is 0. The molecule has 1 amide bonds. The Morgan fingerprint density at radius 1 is 1.69 bits per heavy atom. The highest BCUT2D eigenvalue weighted by Crippen LogP contribution is 2.17. The molecule has 0 aromatic heterocycles. The van der Waals surface area contributed by atoms with Crippen LogP contribution >= 0.6 is 0 Å². The Labute approximate surface area is 97.9 Å². The summed E-state index contributed by atoms with van der Waals surface area (Å²) in [5.74, 6) is 0.625. The number of piperidine rings is 1. The van der Waals surface area contributed by atoms with Crippen LogP contribution in [0.2, 0.25) is 0 Å². The van der Waals surface area contributed by atoms with Crippen molar-refractivity contribution in [3.63, 3.8) is 0 Å². The summed E-state index contributed by atoms with van der Waals surface area (Å²) in [5, 5.41) is 2.82. The van der Waals surface area contributed by atoms with Crippen molar-refractivity contribution in [1.82, 2.24) is 10.2 Å². The molecule has 4 heteroatoms. The second-order valence-corrected chi connectivity index (χ2v) is 4.76. The molecule has 1 saturated heterocycles. The van der Waals surface area contributed by atoms with Gasteiger partial charge in [0.15, 0.2) is 0 Å². The molecule has 0 spiro atoms. The summed E-state index contributed by atoms with van der Waals surface area (Å²) in [7, 11) is 0. The van der Waals surface area contributed by atoms with Gasteiger partial charge in [-0.05, 0) is 19.3 Å². The van der Waals surface area contributed by atoms with Crippen LogP contribution in [0.5, 0.6) is 0 Å². The molecule has 0 aromatic carbocycles. The standard InChI is InChI=1S/C12H23N3O/c1-4-5-14-12(16)10(3)15-7-9(2)6-11(13)8-15/h4,9-11H,1,5-8,13H2,2-3H3,(H,14,16). The van der Waals surface area contributed by atoms with Crippen molar-refractivity contribution >= 4 is 5.91 Å². The molecule has 92 valence electrons. The van der Waals surface area contributed by atoms with Gasteiger partial charge in [0.05, 0.1) is 6.04 Å². The van der Waals surface area contributed by atoms with Gasteiger partial charge >= 0.3 is 0 Å². The van der Waals surface area contributed by atoms with E-state index in [-0.39, 0.29) is 18.0 Å². The quantitative estimate of drug-likeness (QED) is 0.679. The highest BCUT2D eigenvalue weighted by atomic mass is 16.2. The summed E-state index contributed by atoms with van der Waals surface area (Å²) in [6.07, 6.45) is 2.74. The fourth-order valence-corrected chi connectivity index (χ4v) is 2.24. The number of rotatable bonds is 4. The molecule has 1 fully saturated rings. The number of nitrogens with two attached hydrogens (primary N) is 1. The van der Waals surface area contributed by atoms with Crippen LogP contribution in [0, 0.1) is 5.92 Å². The van der Waals surface area contributed by atoms with Crippen molar-refractivity contribution in [2.45, 2.75) is 32.4 Å². The molecule has 1 aliphatic rings. The number of carbonyl (C=O) groups is 1. The zero-order valence-corrected chi connectivity index (χ0v) is 10.3. The van der Waals surface area contributed by atoms with Gasteiger partial charge in [0, 0.05) is 25.7 Å². The topological polar surface area (TPSA) is 58.4 Å². The highest BCUT2D eigenvalue weighted by Gasteiger charge is 2.28. The molecule has 1 rings (SSSR count). The molecule has 3 unspecified atom stereocenters. The molecule has 1 heterocycles. The Balaban J connectivity index is 2.48. The zero-order valence-electron chi connectivity index (χ0n) is 10.3. The van der Waals surface area contributed by atoms with Crippen LogP contribution in [0.1, 0.15) is 20.3 Å². The van der Waals surface area contributed by atoms with E-state index in [0.29, 0.717) is 12.5 Å². The van der Waals surface area contributed by atoms with E-state index in [2.05, 4.69) is 23.7 Å². The lowest BCUT2D eigenvalue weighted by molar-refractivity contribution is -0.126. The fourth-order valence-electron chi connectivity index (χ4n) is 2.24. The maximum absolute atomic E-state index is 11.8. The first-order valence-electron chi connectivity index (χ1n) is 5.92. The molecule has 3 N–H and O–H groups in total. The lowest BCUT2D eigenvalue weighted by Gasteiger charge is -2.37. The second-order valence-electron chi connectivity index (χ2n) is 4.76. The van der Waals surface area contributed by atoms with Crippen LogP contribution in [-0.2, 0) is 4.79 Å². The second kappa shape index (κ2) is 6.01. The third kappa shape index (κ3) is 3.61. The lowest BCUT2D eigenvalue weighted by Crippen LogP contribution is -2.54. The molecule has 1 aliphatic heterocycles. The molecule has 3 atom stereocenters. The lowest BCUT2D eigenvalue weighted by atomic mass is 9.95. The normalized spacial score (nSPS) is 28.4. The maximum Gasteiger partial charge on any atom is 0.237 e. The van der Waals surface area contributed by atoms with Crippen LogP contribution in [0.15, 0.2) is 12.7 Å². The van der Waals surface area contributed by atoms with Gasteiger partial charge in [-0.3, -0.25) is 9.69 Å². The largest absolute Gasteiger partial charge is 0.351 e. The van der Waals surface area contributed by atoms with E-state index in [1.165, 1.54) is 0 Å². The Morgan fingerprint density at radius 3 is 2.94 bits per heavy atom.